The first kappa shape index (κ1) is 15.3. The molecule has 0 spiro atoms. The Morgan fingerprint density at radius 2 is 2.05 bits per heavy atom. The van der Waals surface area contributed by atoms with Crippen LogP contribution in [0.4, 0.5) is 11.4 Å². The number of benzene rings is 1. The lowest BCUT2D eigenvalue weighted by Gasteiger charge is -2.39. The zero-order valence-electron chi connectivity index (χ0n) is 12.3. The van der Waals surface area contributed by atoms with E-state index in [1.165, 1.54) is 0 Å². The third-order valence-electron chi connectivity index (χ3n) is 4.52. The third-order valence-corrected chi connectivity index (χ3v) is 4.52. The predicted molar refractivity (Wildman–Crippen MR) is 79.6 cm³/mol. The van der Waals surface area contributed by atoms with Crippen LogP contribution in [0.2, 0.25) is 0 Å². The summed E-state index contributed by atoms with van der Waals surface area (Å²) in [5, 5.41) is 20.6. The highest BCUT2D eigenvalue weighted by Crippen LogP contribution is 2.39. The molecule has 0 aromatic heterocycles. The fraction of sp³-hybridized carbons (Fsp3) is 0.533. The molecule has 114 valence electrons. The highest BCUT2D eigenvalue weighted by atomic mass is 16.6. The Hall–Kier alpha value is -2.11. The molecule has 2 rings (SSSR count). The van der Waals surface area contributed by atoms with Crippen molar-refractivity contribution in [2.24, 2.45) is 5.41 Å². The Morgan fingerprint density at radius 3 is 2.52 bits per heavy atom. The lowest BCUT2D eigenvalue weighted by Crippen LogP contribution is -2.44. The van der Waals surface area contributed by atoms with Gasteiger partial charge in [0.05, 0.1) is 10.3 Å². The maximum absolute atomic E-state index is 11.4. The average Bonchev–Trinajstić information content (AvgIpc) is 2.47. The standard InChI is InChI=1S/C15H20N2O4/c1-3-15(14(18)19)6-8-16(9-7-15)12-5-4-11(2)10-13(12)17(20)21/h4-5,10H,3,6-9H2,1-2H3,(H,18,19). The average molecular weight is 292 g/mol. The fourth-order valence-corrected chi connectivity index (χ4v) is 2.94. The zero-order chi connectivity index (χ0) is 15.6. The van der Waals surface area contributed by atoms with Gasteiger partial charge in [0.1, 0.15) is 5.69 Å². The van der Waals surface area contributed by atoms with Crippen LogP contribution in [0.3, 0.4) is 0 Å². The van der Waals surface area contributed by atoms with E-state index in [0.29, 0.717) is 38.0 Å². The highest BCUT2D eigenvalue weighted by molar-refractivity contribution is 5.75. The number of aryl methyl sites for hydroxylation is 1. The quantitative estimate of drug-likeness (QED) is 0.681. The molecule has 1 aliphatic heterocycles. The first-order valence-corrected chi connectivity index (χ1v) is 7.13. The van der Waals surface area contributed by atoms with Gasteiger partial charge in [-0.1, -0.05) is 13.0 Å². The van der Waals surface area contributed by atoms with Crippen LogP contribution in [0.15, 0.2) is 18.2 Å². The first-order chi connectivity index (χ1) is 9.89. The number of nitrogens with zero attached hydrogens (tertiary/aromatic N) is 2. The monoisotopic (exact) mass is 292 g/mol. The number of nitro benzene ring substituents is 1. The van der Waals surface area contributed by atoms with Crippen LogP contribution in [0.5, 0.6) is 0 Å². The van der Waals surface area contributed by atoms with Crippen molar-refractivity contribution in [3.8, 4) is 0 Å². The molecule has 1 aromatic carbocycles. The van der Waals surface area contributed by atoms with Crippen LogP contribution in [0.1, 0.15) is 31.7 Å². The van der Waals surface area contributed by atoms with Crippen molar-refractivity contribution in [2.75, 3.05) is 18.0 Å². The van der Waals surface area contributed by atoms with Crippen molar-refractivity contribution in [3.63, 3.8) is 0 Å². The van der Waals surface area contributed by atoms with Gasteiger partial charge in [-0.3, -0.25) is 14.9 Å². The molecule has 1 saturated heterocycles. The Morgan fingerprint density at radius 1 is 1.43 bits per heavy atom. The number of hydrogen-bond acceptors (Lipinski definition) is 4. The second-order valence-electron chi connectivity index (χ2n) is 5.68. The molecule has 1 aliphatic rings. The minimum absolute atomic E-state index is 0.0920. The molecule has 1 fully saturated rings. The van der Waals surface area contributed by atoms with E-state index in [1.807, 2.05) is 24.8 Å². The second-order valence-corrected chi connectivity index (χ2v) is 5.68. The maximum atomic E-state index is 11.4. The second kappa shape index (κ2) is 5.71. The van der Waals surface area contributed by atoms with Crippen molar-refractivity contribution in [1.82, 2.24) is 0 Å². The largest absolute Gasteiger partial charge is 0.481 e. The number of rotatable bonds is 4. The van der Waals surface area contributed by atoms with E-state index in [9.17, 15) is 20.0 Å². The summed E-state index contributed by atoms with van der Waals surface area (Å²) in [5.41, 5.74) is 0.835. The molecule has 0 aliphatic carbocycles. The molecule has 6 nitrogen and oxygen atoms in total. The molecular weight excluding hydrogens is 272 g/mol. The summed E-state index contributed by atoms with van der Waals surface area (Å²) in [6, 6.07) is 5.17. The van der Waals surface area contributed by atoms with Crippen molar-refractivity contribution >= 4 is 17.3 Å². The third kappa shape index (κ3) is 2.84. The first-order valence-electron chi connectivity index (χ1n) is 7.13. The molecule has 0 unspecified atom stereocenters. The highest BCUT2D eigenvalue weighted by Gasteiger charge is 2.40. The van der Waals surface area contributed by atoms with Crippen molar-refractivity contribution < 1.29 is 14.8 Å². The summed E-state index contributed by atoms with van der Waals surface area (Å²) in [4.78, 5) is 24.2. The van der Waals surface area contributed by atoms with Crippen LogP contribution in [-0.2, 0) is 4.79 Å². The Bertz CT molecular complexity index is 563. The Labute approximate surface area is 123 Å². The molecule has 21 heavy (non-hydrogen) atoms. The van der Waals surface area contributed by atoms with Crippen LogP contribution in [0.25, 0.3) is 0 Å². The van der Waals surface area contributed by atoms with Crippen LogP contribution in [0, 0.1) is 22.5 Å². The van der Waals surface area contributed by atoms with E-state index in [1.54, 1.807) is 12.1 Å². The van der Waals surface area contributed by atoms with E-state index in [4.69, 9.17) is 0 Å². The van der Waals surface area contributed by atoms with E-state index in [2.05, 4.69) is 0 Å². The summed E-state index contributed by atoms with van der Waals surface area (Å²) < 4.78 is 0. The van der Waals surface area contributed by atoms with E-state index in [0.717, 1.165) is 5.56 Å². The summed E-state index contributed by atoms with van der Waals surface area (Å²) in [5.74, 6) is -0.761. The topological polar surface area (TPSA) is 83.7 Å². The Balaban J connectivity index is 2.23. The minimum Gasteiger partial charge on any atom is -0.481 e. The van der Waals surface area contributed by atoms with Crippen LogP contribution < -0.4 is 4.90 Å². The normalized spacial score (nSPS) is 17.5. The van der Waals surface area contributed by atoms with Gasteiger partial charge in [0.2, 0.25) is 0 Å². The summed E-state index contributed by atoms with van der Waals surface area (Å²) in [6.45, 7) is 4.77. The molecule has 6 heteroatoms. The lowest BCUT2D eigenvalue weighted by molar-refractivity contribution is -0.384. The van der Waals surface area contributed by atoms with Crippen molar-refractivity contribution in [1.29, 1.82) is 0 Å². The minimum atomic E-state index is -0.761. The van der Waals surface area contributed by atoms with Gasteiger partial charge >= 0.3 is 5.97 Å². The van der Waals surface area contributed by atoms with Gasteiger partial charge in [-0.15, -0.1) is 0 Å². The molecule has 0 saturated carbocycles. The molecular formula is C15H20N2O4. The van der Waals surface area contributed by atoms with Gasteiger partial charge in [-0.05, 0) is 37.8 Å². The van der Waals surface area contributed by atoms with Gasteiger partial charge in [0.15, 0.2) is 0 Å². The van der Waals surface area contributed by atoms with Crippen LogP contribution in [-0.4, -0.2) is 29.1 Å². The molecule has 0 radical (unpaired) electrons. The van der Waals surface area contributed by atoms with Gasteiger partial charge in [-0.25, -0.2) is 0 Å². The number of carbonyl (C=O) groups is 1. The number of carboxylic acids is 1. The van der Waals surface area contributed by atoms with Crippen LogP contribution >= 0.6 is 0 Å². The molecule has 0 atom stereocenters. The number of hydrogen-bond donors (Lipinski definition) is 1. The number of aliphatic carboxylic acids is 1. The van der Waals surface area contributed by atoms with E-state index >= 15 is 0 Å². The van der Waals surface area contributed by atoms with E-state index < -0.39 is 11.4 Å². The molecule has 1 aromatic rings. The fourth-order valence-electron chi connectivity index (χ4n) is 2.94. The number of nitro groups is 1. The summed E-state index contributed by atoms with van der Waals surface area (Å²) in [7, 11) is 0. The molecule has 0 bridgehead atoms. The molecule has 1 heterocycles. The van der Waals surface area contributed by atoms with Gasteiger partial charge in [0, 0.05) is 19.2 Å². The Kier molecular flexibility index (Phi) is 4.16. The number of piperidine rings is 1. The van der Waals surface area contributed by atoms with Gasteiger partial charge in [0.25, 0.3) is 5.69 Å². The molecule has 1 N–H and O–H groups in total. The van der Waals surface area contributed by atoms with Gasteiger partial charge < -0.3 is 10.0 Å². The zero-order valence-corrected chi connectivity index (χ0v) is 12.3. The SMILES string of the molecule is CCC1(C(=O)O)CCN(c2ccc(C)cc2[N+](=O)[O-])CC1. The van der Waals surface area contributed by atoms with Crippen molar-refractivity contribution in [2.45, 2.75) is 33.1 Å². The molecule has 0 amide bonds. The number of anilines is 1. The smallest absolute Gasteiger partial charge is 0.309 e. The number of carboxylic acid groups (broad SMARTS) is 1. The van der Waals surface area contributed by atoms with Crippen molar-refractivity contribution in [3.05, 3.63) is 33.9 Å². The predicted octanol–water partition coefficient (Wildman–Crippen LogP) is 2.98. The summed E-state index contributed by atoms with van der Waals surface area (Å²) in [6.07, 6.45) is 1.62. The lowest BCUT2D eigenvalue weighted by atomic mass is 9.76. The summed E-state index contributed by atoms with van der Waals surface area (Å²) >= 11 is 0. The maximum Gasteiger partial charge on any atom is 0.309 e. The van der Waals surface area contributed by atoms with E-state index in [-0.39, 0.29) is 10.6 Å². The van der Waals surface area contributed by atoms with Gasteiger partial charge in [-0.2, -0.15) is 0 Å².